The van der Waals surface area contributed by atoms with Crippen molar-refractivity contribution in [1.29, 1.82) is 0 Å². The molecule has 1 N–H and O–H groups in total. The fraction of sp³-hybridized carbons (Fsp3) is 0.312. The van der Waals surface area contributed by atoms with Crippen LogP contribution < -0.4 is 4.90 Å². The molecule has 2 aromatic carbocycles. The van der Waals surface area contributed by atoms with Gasteiger partial charge in [0.2, 0.25) is 5.91 Å². The van der Waals surface area contributed by atoms with Gasteiger partial charge in [-0.25, -0.2) is 4.79 Å². The molecule has 1 aliphatic carbocycles. The SMILES string of the molecule is O=C(O)c1sc(-c2ccccc2)cc1N1C(=O)CN(Cc2cccc(-n3cccc3)c2)C[C@H]1C1CCCCC1. The van der Waals surface area contributed by atoms with Crippen LogP contribution in [0.4, 0.5) is 5.69 Å². The smallest absolute Gasteiger partial charge is 0.348 e. The standard InChI is InChI=1S/C32H33N3O3S/c36-30-22-33(20-23-10-9-15-26(18-23)34-16-7-8-17-34)21-28(24-11-3-1-4-12-24)35(30)27-19-29(39-31(27)32(37)38)25-13-5-2-6-14-25/h2,5-10,13-19,24,28H,1,3-4,11-12,20-22H2,(H,37,38)/t28-/m0/s1. The maximum Gasteiger partial charge on any atom is 0.348 e. The highest BCUT2D eigenvalue weighted by Gasteiger charge is 2.40. The van der Waals surface area contributed by atoms with Crippen LogP contribution in [0.15, 0.2) is 85.2 Å². The normalized spacial score (nSPS) is 18.9. The van der Waals surface area contributed by atoms with Gasteiger partial charge in [-0.05, 0) is 60.2 Å². The summed E-state index contributed by atoms with van der Waals surface area (Å²) in [4.78, 5) is 31.5. The van der Waals surface area contributed by atoms with Crippen molar-refractivity contribution in [2.45, 2.75) is 44.7 Å². The first kappa shape index (κ1) is 25.6. The van der Waals surface area contributed by atoms with E-state index in [0.29, 0.717) is 18.2 Å². The number of amides is 1. The fourth-order valence-corrected chi connectivity index (χ4v) is 7.21. The highest BCUT2D eigenvalue weighted by atomic mass is 32.1. The molecular weight excluding hydrogens is 506 g/mol. The lowest BCUT2D eigenvalue weighted by atomic mass is 9.82. The Balaban J connectivity index is 1.32. The first-order chi connectivity index (χ1) is 19.1. The van der Waals surface area contributed by atoms with E-state index < -0.39 is 5.97 Å². The number of aromatic nitrogens is 1. The third-order valence-corrected chi connectivity index (χ3v) is 9.20. The molecule has 1 amide bonds. The van der Waals surface area contributed by atoms with E-state index in [1.54, 1.807) is 0 Å². The molecule has 7 heteroatoms. The zero-order chi connectivity index (χ0) is 26.8. The molecule has 0 unspecified atom stereocenters. The average molecular weight is 540 g/mol. The molecule has 0 bridgehead atoms. The lowest BCUT2D eigenvalue weighted by Crippen LogP contribution is -2.59. The van der Waals surface area contributed by atoms with Crippen LogP contribution in [0.25, 0.3) is 16.1 Å². The number of carboxylic acids is 1. The van der Waals surface area contributed by atoms with Crippen LogP contribution >= 0.6 is 11.3 Å². The molecule has 39 heavy (non-hydrogen) atoms. The summed E-state index contributed by atoms with van der Waals surface area (Å²) in [6, 6.07) is 24.2. The second kappa shape index (κ2) is 11.2. The van der Waals surface area contributed by atoms with Crippen molar-refractivity contribution in [1.82, 2.24) is 9.47 Å². The molecule has 2 fully saturated rings. The summed E-state index contributed by atoms with van der Waals surface area (Å²) < 4.78 is 2.09. The molecule has 4 aromatic rings. The summed E-state index contributed by atoms with van der Waals surface area (Å²) >= 11 is 1.26. The van der Waals surface area contributed by atoms with Gasteiger partial charge in [-0.2, -0.15) is 0 Å². The zero-order valence-corrected chi connectivity index (χ0v) is 22.7. The Labute approximate surface area is 233 Å². The van der Waals surface area contributed by atoms with E-state index in [0.717, 1.165) is 53.9 Å². The van der Waals surface area contributed by atoms with Crippen LogP contribution in [-0.2, 0) is 11.3 Å². The van der Waals surface area contributed by atoms with Gasteiger partial charge in [-0.3, -0.25) is 9.69 Å². The molecule has 2 aromatic heterocycles. The summed E-state index contributed by atoms with van der Waals surface area (Å²) in [5.74, 6) is -0.631. The number of aromatic carboxylic acids is 1. The Morgan fingerprint density at radius 1 is 0.923 bits per heavy atom. The molecule has 1 saturated heterocycles. The van der Waals surface area contributed by atoms with E-state index in [-0.39, 0.29) is 23.4 Å². The molecule has 2 aliphatic rings. The molecule has 1 atom stereocenters. The van der Waals surface area contributed by atoms with Gasteiger partial charge in [0.15, 0.2) is 0 Å². The number of nitrogens with zero attached hydrogens (tertiary/aromatic N) is 3. The highest BCUT2D eigenvalue weighted by Crippen LogP contribution is 2.41. The van der Waals surface area contributed by atoms with E-state index in [9.17, 15) is 14.7 Å². The molecule has 1 saturated carbocycles. The van der Waals surface area contributed by atoms with E-state index in [4.69, 9.17) is 0 Å². The van der Waals surface area contributed by atoms with Gasteiger partial charge in [0.05, 0.1) is 18.3 Å². The lowest BCUT2D eigenvalue weighted by Gasteiger charge is -2.45. The molecule has 6 nitrogen and oxygen atoms in total. The zero-order valence-electron chi connectivity index (χ0n) is 21.9. The summed E-state index contributed by atoms with van der Waals surface area (Å²) in [7, 11) is 0. The number of hydrogen-bond acceptors (Lipinski definition) is 4. The minimum atomic E-state index is -0.975. The molecule has 0 radical (unpaired) electrons. The highest BCUT2D eigenvalue weighted by molar-refractivity contribution is 7.18. The van der Waals surface area contributed by atoms with Crippen molar-refractivity contribution in [3.05, 3.63) is 95.6 Å². The monoisotopic (exact) mass is 539 g/mol. The Morgan fingerprint density at radius 3 is 2.44 bits per heavy atom. The van der Waals surface area contributed by atoms with E-state index in [1.807, 2.05) is 65.8 Å². The second-order valence-corrected chi connectivity index (χ2v) is 11.7. The summed E-state index contributed by atoms with van der Waals surface area (Å²) in [6.45, 7) is 1.69. The van der Waals surface area contributed by atoms with E-state index >= 15 is 0 Å². The van der Waals surface area contributed by atoms with E-state index in [2.05, 4.69) is 33.7 Å². The average Bonchev–Trinajstić information content (AvgIpc) is 3.65. The third kappa shape index (κ3) is 5.42. The quantitative estimate of drug-likeness (QED) is 0.284. The lowest BCUT2D eigenvalue weighted by molar-refractivity contribution is -0.123. The molecule has 0 spiro atoms. The maximum absolute atomic E-state index is 13.9. The number of hydrogen-bond donors (Lipinski definition) is 1. The Morgan fingerprint density at radius 2 is 1.69 bits per heavy atom. The van der Waals surface area contributed by atoms with Crippen molar-refractivity contribution in [3.63, 3.8) is 0 Å². The van der Waals surface area contributed by atoms with Gasteiger partial charge in [-0.1, -0.05) is 61.7 Å². The topological polar surface area (TPSA) is 65.8 Å². The number of carbonyl (C=O) groups excluding carboxylic acids is 1. The molecule has 200 valence electrons. The Hall–Kier alpha value is -3.68. The molecular formula is C32H33N3O3S. The van der Waals surface area contributed by atoms with Gasteiger partial charge < -0.3 is 14.6 Å². The first-order valence-electron chi connectivity index (χ1n) is 13.8. The number of thiophene rings is 1. The van der Waals surface area contributed by atoms with Gasteiger partial charge in [0, 0.05) is 36.0 Å². The summed E-state index contributed by atoms with van der Waals surface area (Å²) in [5.41, 5.74) is 3.79. The summed E-state index contributed by atoms with van der Waals surface area (Å²) in [6.07, 6.45) is 9.76. The van der Waals surface area contributed by atoms with Gasteiger partial charge >= 0.3 is 5.97 Å². The van der Waals surface area contributed by atoms with Crippen molar-refractivity contribution >= 4 is 28.9 Å². The van der Waals surface area contributed by atoms with Crippen molar-refractivity contribution in [2.24, 2.45) is 5.92 Å². The minimum Gasteiger partial charge on any atom is -0.477 e. The van der Waals surface area contributed by atoms with Crippen LogP contribution in [-0.4, -0.2) is 45.6 Å². The fourth-order valence-electron chi connectivity index (χ4n) is 6.21. The Bertz CT molecular complexity index is 1440. The molecule has 3 heterocycles. The molecule has 6 rings (SSSR count). The maximum atomic E-state index is 13.9. The Kier molecular flexibility index (Phi) is 7.35. The van der Waals surface area contributed by atoms with Crippen LogP contribution in [0.5, 0.6) is 0 Å². The van der Waals surface area contributed by atoms with Crippen molar-refractivity contribution < 1.29 is 14.7 Å². The van der Waals surface area contributed by atoms with Crippen molar-refractivity contribution in [3.8, 4) is 16.1 Å². The second-order valence-electron chi connectivity index (χ2n) is 10.7. The number of piperazine rings is 1. The van der Waals surface area contributed by atoms with Gasteiger partial charge in [-0.15, -0.1) is 11.3 Å². The van der Waals surface area contributed by atoms with Crippen LogP contribution in [0, 0.1) is 5.92 Å². The predicted molar refractivity (Wildman–Crippen MR) is 156 cm³/mol. The summed E-state index contributed by atoms with van der Waals surface area (Å²) in [5, 5.41) is 10.2. The number of carboxylic acid groups (broad SMARTS) is 1. The van der Waals surface area contributed by atoms with Gasteiger partial charge in [0.25, 0.3) is 0 Å². The van der Waals surface area contributed by atoms with Crippen LogP contribution in [0.2, 0.25) is 0 Å². The number of anilines is 1. The van der Waals surface area contributed by atoms with Crippen LogP contribution in [0.1, 0.15) is 47.3 Å². The molecule has 1 aliphatic heterocycles. The van der Waals surface area contributed by atoms with Crippen molar-refractivity contribution in [2.75, 3.05) is 18.0 Å². The number of rotatable bonds is 7. The van der Waals surface area contributed by atoms with Gasteiger partial charge in [0.1, 0.15) is 4.88 Å². The minimum absolute atomic E-state index is 0.0155. The predicted octanol–water partition coefficient (Wildman–Crippen LogP) is 6.70. The first-order valence-corrected chi connectivity index (χ1v) is 14.6. The number of carbonyl (C=O) groups is 2. The van der Waals surface area contributed by atoms with E-state index in [1.165, 1.54) is 17.8 Å². The largest absolute Gasteiger partial charge is 0.477 e. The van der Waals surface area contributed by atoms with Crippen LogP contribution in [0.3, 0.4) is 0 Å². The number of benzene rings is 2. The third-order valence-electron chi connectivity index (χ3n) is 8.04.